The molecule has 0 bridgehead atoms. The minimum absolute atomic E-state index is 0.0159. The minimum Gasteiger partial charge on any atom is -0.369 e. The van der Waals surface area contributed by atoms with E-state index in [2.05, 4.69) is 16.0 Å². The molecule has 0 spiro atoms. The second-order valence-electron chi connectivity index (χ2n) is 7.71. The van der Waals surface area contributed by atoms with Gasteiger partial charge in [0.15, 0.2) is 0 Å². The van der Waals surface area contributed by atoms with Gasteiger partial charge in [-0.15, -0.1) is 0 Å². The second kappa shape index (κ2) is 11.7. The van der Waals surface area contributed by atoms with E-state index >= 15 is 0 Å². The van der Waals surface area contributed by atoms with Gasteiger partial charge in [-0.3, -0.25) is 9.59 Å². The molecule has 0 saturated heterocycles. The van der Waals surface area contributed by atoms with Gasteiger partial charge in [0, 0.05) is 13.1 Å². The van der Waals surface area contributed by atoms with E-state index in [-0.39, 0.29) is 24.7 Å². The van der Waals surface area contributed by atoms with Crippen molar-refractivity contribution in [2.24, 2.45) is 17.6 Å². The van der Waals surface area contributed by atoms with Crippen molar-refractivity contribution in [1.29, 1.82) is 0 Å². The van der Waals surface area contributed by atoms with Gasteiger partial charge in [0.2, 0.25) is 11.8 Å². The maximum absolute atomic E-state index is 13.1. The molecule has 8 heteroatoms. The van der Waals surface area contributed by atoms with Gasteiger partial charge >= 0.3 is 6.03 Å². The van der Waals surface area contributed by atoms with Crippen molar-refractivity contribution in [2.45, 2.75) is 32.9 Å². The van der Waals surface area contributed by atoms with Crippen LogP contribution in [0.3, 0.4) is 0 Å². The lowest BCUT2D eigenvalue weighted by molar-refractivity contribution is -0.125. The summed E-state index contributed by atoms with van der Waals surface area (Å²) in [7, 11) is 0. The van der Waals surface area contributed by atoms with Gasteiger partial charge in [-0.05, 0) is 35.6 Å². The predicted molar refractivity (Wildman–Crippen MR) is 116 cm³/mol. The molecule has 2 unspecified atom stereocenters. The van der Waals surface area contributed by atoms with Crippen LogP contribution in [0.25, 0.3) is 0 Å². The van der Waals surface area contributed by atoms with Gasteiger partial charge in [-0.25, -0.2) is 9.18 Å². The van der Waals surface area contributed by atoms with E-state index in [1.807, 2.05) is 44.2 Å². The Morgan fingerprint density at radius 2 is 1.58 bits per heavy atom. The highest BCUT2D eigenvalue weighted by molar-refractivity contribution is 5.87. The average molecular weight is 429 g/mol. The molecule has 0 aliphatic rings. The average Bonchev–Trinajstić information content (AvgIpc) is 2.75. The number of carbonyl (C=O) groups is 3. The molecule has 0 saturated carbocycles. The van der Waals surface area contributed by atoms with E-state index < -0.39 is 29.8 Å². The number of hydrogen-bond donors (Lipinski definition) is 4. The molecule has 0 heterocycles. The third-order valence-corrected chi connectivity index (χ3v) is 4.85. The predicted octanol–water partition coefficient (Wildman–Crippen LogP) is 2.11. The van der Waals surface area contributed by atoms with Crippen molar-refractivity contribution in [3.8, 4) is 0 Å². The summed E-state index contributed by atoms with van der Waals surface area (Å²) in [4.78, 5) is 36.7. The summed E-state index contributed by atoms with van der Waals surface area (Å²) in [5.41, 5.74) is 7.14. The quantitative estimate of drug-likeness (QED) is 0.465. The van der Waals surface area contributed by atoms with Crippen LogP contribution in [-0.2, 0) is 22.6 Å². The maximum Gasteiger partial charge on any atom is 0.315 e. The first-order valence-corrected chi connectivity index (χ1v) is 10.2. The first kappa shape index (κ1) is 23.9. The molecule has 0 fully saturated rings. The van der Waals surface area contributed by atoms with E-state index in [0.29, 0.717) is 6.54 Å². The summed E-state index contributed by atoms with van der Waals surface area (Å²) in [5, 5.41) is 8.10. The maximum atomic E-state index is 13.1. The minimum atomic E-state index is -0.782. The number of amides is 4. The number of nitrogens with one attached hydrogen (secondary N) is 3. The molecule has 0 aromatic heterocycles. The van der Waals surface area contributed by atoms with Crippen LogP contribution < -0.4 is 21.7 Å². The van der Waals surface area contributed by atoms with Gasteiger partial charge in [-0.2, -0.15) is 0 Å². The SMILES string of the molecule is CC(C)C(NC(=O)NCc1ccccc1)C(=O)NCC(Cc1ccc(F)cc1)C(N)=O. The van der Waals surface area contributed by atoms with Crippen molar-refractivity contribution < 1.29 is 18.8 Å². The summed E-state index contributed by atoms with van der Waals surface area (Å²) in [6.07, 6.45) is 0.271. The van der Waals surface area contributed by atoms with Crippen LogP contribution in [0.5, 0.6) is 0 Å². The fourth-order valence-corrected chi connectivity index (χ4v) is 3.02. The third-order valence-electron chi connectivity index (χ3n) is 4.85. The lowest BCUT2D eigenvalue weighted by Crippen LogP contribution is -2.53. The topological polar surface area (TPSA) is 113 Å². The second-order valence-corrected chi connectivity index (χ2v) is 7.71. The van der Waals surface area contributed by atoms with Crippen LogP contribution in [0.15, 0.2) is 54.6 Å². The van der Waals surface area contributed by atoms with Crippen LogP contribution in [0, 0.1) is 17.7 Å². The summed E-state index contributed by atoms with van der Waals surface area (Å²) in [5.74, 6) is -2.18. The zero-order valence-electron chi connectivity index (χ0n) is 17.7. The Kier molecular flexibility index (Phi) is 8.99. The van der Waals surface area contributed by atoms with Crippen LogP contribution >= 0.6 is 0 Å². The lowest BCUT2D eigenvalue weighted by Gasteiger charge is -2.23. The van der Waals surface area contributed by atoms with Crippen LogP contribution in [0.1, 0.15) is 25.0 Å². The first-order chi connectivity index (χ1) is 14.8. The Morgan fingerprint density at radius 3 is 2.16 bits per heavy atom. The standard InChI is InChI=1S/C23H29FN4O3/c1-15(2)20(28-23(31)27-13-17-6-4-3-5-7-17)22(30)26-14-18(21(25)29)12-16-8-10-19(24)11-9-16/h3-11,15,18,20H,12-14H2,1-2H3,(H2,25,29)(H,26,30)(H2,27,28,31). The highest BCUT2D eigenvalue weighted by atomic mass is 19.1. The number of rotatable bonds is 10. The van der Waals surface area contributed by atoms with Gasteiger partial charge in [0.1, 0.15) is 11.9 Å². The van der Waals surface area contributed by atoms with E-state index in [1.54, 1.807) is 12.1 Å². The Labute approximate surface area is 181 Å². The fourth-order valence-electron chi connectivity index (χ4n) is 3.02. The lowest BCUT2D eigenvalue weighted by atomic mass is 9.98. The first-order valence-electron chi connectivity index (χ1n) is 10.2. The number of urea groups is 1. The van der Waals surface area contributed by atoms with E-state index in [9.17, 15) is 18.8 Å². The molecule has 2 aromatic rings. The molecule has 0 aliphatic carbocycles. The Hall–Kier alpha value is -3.42. The molecule has 4 amide bonds. The molecule has 166 valence electrons. The summed E-state index contributed by atoms with van der Waals surface area (Å²) in [6, 6.07) is 13.9. The number of hydrogen-bond acceptors (Lipinski definition) is 3. The molecule has 2 rings (SSSR count). The molecule has 7 nitrogen and oxygen atoms in total. The smallest absolute Gasteiger partial charge is 0.315 e. The highest BCUT2D eigenvalue weighted by Crippen LogP contribution is 2.10. The molecular formula is C23H29FN4O3. The number of halogens is 1. The Balaban J connectivity index is 1.89. The van der Waals surface area contributed by atoms with Crippen molar-refractivity contribution in [3.63, 3.8) is 0 Å². The van der Waals surface area contributed by atoms with Crippen LogP contribution in [0.4, 0.5) is 9.18 Å². The zero-order valence-corrected chi connectivity index (χ0v) is 17.7. The van der Waals surface area contributed by atoms with Gasteiger partial charge in [-0.1, -0.05) is 56.3 Å². The van der Waals surface area contributed by atoms with E-state index in [4.69, 9.17) is 5.73 Å². The number of carbonyl (C=O) groups excluding carboxylic acids is 3. The normalized spacial score (nSPS) is 12.6. The molecule has 2 atom stereocenters. The third kappa shape index (κ3) is 8.08. The summed E-state index contributed by atoms with van der Waals surface area (Å²) >= 11 is 0. The molecule has 5 N–H and O–H groups in total. The van der Waals surface area contributed by atoms with Crippen LogP contribution in [-0.4, -0.2) is 30.4 Å². The highest BCUT2D eigenvalue weighted by Gasteiger charge is 2.26. The van der Waals surface area contributed by atoms with Gasteiger partial charge < -0.3 is 21.7 Å². The molecular weight excluding hydrogens is 399 g/mol. The summed E-state index contributed by atoms with van der Waals surface area (Å²) in [6.45, 7) is 3.97. The van der Waals surface area contributed by atoms with Crippen molar-refractivity contribution in [2.75, 3.05) is 6.54 Å². The van der Waals surface area contributed by atoms with E-state index in [1.165, 1.54) is 12.1 Å². The van der Waals surface area contributed by atoms with Gasteiger partial charge in [0.25, 0.3) is 0 Å². The molecule has 0 aliphatic heterocycles. The molecule has 0 radical (unpaired) electrons. The van der Waals surface area contributed by atoms with Crippen molar-refractivity contribution >= 4 is 17.8 Å². The monoisotopic (exact) mass is 428 g/mol. The number of nitrogens with two attached hydrogens (primary N) is 1. The van der Waals surface area contributed by atoms with Gasteiger partial charge in [0.05, 0.1) is 5.92 Å². The molecule has 2 aromatic carbocycles. The fraction of sp³-hybridized carbons (Fsp3) is 0.348. The summed E-state index contributed by atoms with van der Waals surface area (Å²) < 4.78 is 13.1. The van der Waals surface area contributed by atoms with Crippen molar-refractivity contribution in [1.82, 2.24) is 16.0 Å². The number of primary amides is 1. The largest absolute Gasteiger partial charge is 0.369 e. The Bertz CT molecular complexity index is 872. The van der Waals surface area contributed by atoms with E-state index in [0.717, 1.165) is 11.1 Å². The van der Waals surface area contributed by atoms with Crippen molar-refractivity contribution in [3.05, 3.63) is 71.5 Å². The zero-order chi connectivity index (χ0) is 22.8. The molecule has 31 heavy (non-hydrogen) atoms. The Morgan fingerprint density at radius 1 is 0.935 bits per heavy atom. The van der Waals surface area contributed by atoms with Crippen LogP contribution in [0.2, 0.25) is 0 Å². The number of benzene rings is 2.